The van der Waals surface area contributed by atoms with Crippen LogP contribution in [0.15, 0.2) is 36.4 Å². The first-order chi connectivity index (χ1) is 8.01. The Kier molecular flexibility index (Phi) is 4.99. The lowest BCUT2D eigenvalue weighted by Gasteiger charge is -2.25. The number of hydrogen-bond donors (Lipinski definition) is 0. The lowest BCUT2D eigenvalue weighted by atomic mass is 10.0. The van der Waals surface area contributed by atoms with Crippen LogP contribution in [0.4, 0.5) is 0 Å². The topological polar surface area (TPSA) is 9.23 Å². The number of benzene rings is 2. The van der Waals surface area contributed by atoms with Crippen LogP contribution in [0.3, 0.4) is 0 Å². The Balaban J connectivity index is 0.00000162. The van der Waals surface area contributed by atoms with Crippen LogP contribution in [-0.2, 0) is 6.54 Å². The molecule has 0 aliphatic rings. The Morgan fingerprint density at radius 3 is 2.28 bits per heavy atom. The summed E-state index contributed by atoms with van der Waals surface area (Å²) in [5.74, 6) is 0.983. The molecule has 0 amide bonds. The molecular formula is C15H20INO. The molecule has 0 aliphatic carbocycles. The van der Waals surface area contributed by atoms with E-state index in [1.54, 1.807) is 7.11 Å². The average molecular weight is 357 g/mol. The van der Waals surface area contributed by atoms with Gasteiger partial charge in [0.15, 0.2) is 0 Å². The quantitative estimate of drug-likeness (QED) is 0.558. The summed E-state index contributed by atoms with van der Waals surface area (Å²) in [6, 6.07) is 12.7. The number of fused-ring (bicyclic) bond motifs is 1. The van der Waals surface area contributed by atoms with Crippen molar-refractivity contribution in [3.63, 3.8) is 0 Å². The second-order valence-corrected chi connectivity index (χ2v) is 5.42. The first-order valence-corrected chi connectivity index (χ1v) is 5.86. The van der Waals surface area contributed by atoms with Gasteiger partial charge in [0.1, 0.15) is 12.3 Å². The van der Waals surface area contributed by atoms with E-state index in [0.29, 0.717) is 0 Å². The summed E-state index contributed by atoms with van der Waals surface area (Å²) < 4.78 is 6.38. The van der Waals surface area contributed by atoms with Gasteiger partial charge in [-0.3, -0.25) is 0 Å². The zero-order chi connectivity index (χ0) is 12.5. The molecule has 0 saturated heterocycles. The van der Waals surface area contributed by atoms with Crippen LogP contribution in [-0.4, -0.2) is 32.7 Å². The normalized spacial score (nSPS) is 11.1. The molecule has 0 aromatic heterocycles. The van der Waals surface area contributed by atoms with Gasteiger partial charge < -0.3 is 33.2 Å². The summed E-state index contributed by atoms with van der Waals surface area (Å²) in [6.07, 6.45) is 0. The Labute approximate surface area is 126 Å². The first kappa shape index (κ1) is 15.2. The molecule has 2 nitrogen and oxygen atoms in total. The van der Waals surface area contributed by atoms with Crippen LogP contribution < -0.4 is 28.7 Å². The van der Waals surface area contributed by atoms with Crippen molar-refractivity contribution in [3.8, 4) is 5.75 Å². The Morgan fingerprint density at radius 1 is 1.00 bits per heavy atom. The summed E-state index contributed by atoms with van der Waals surface area (Å²) >= 11 is 0. The fourth-order valence-electron chi connectivity index (χ4n) is 2.14. The summed E-state index contributed by atoms with van der Waals surface area (Å²) in [7, 11) is 8.33. The predicted octanol–water partition coefficient (Wildman–Crippen LogP) is 0.0586. The van der Waals surface area contributed by atoms with Crippen LogP contribution in [0.2, 0.25) is 0 Å². The third kappa shape index (κ3) is 3.36. The smallest absolute Gasteiger partial charge is 0.128 e. The van der Waals surface area contributed by atoms with Crippen LogP contribution in [0.5, 0.6) is 5.75 Å². The largest absolute Gasteiger partial charge is 1.00 e. The third-order valence-corrected chi connectivity index (χ3v) is 2.85. The zero-order valence-corrected chi connectivity index (χ0v) is 13.6. The van der Waals surface area contributed by atoms with Crippen LogP contribution in [0.1, 0.15) is 5.56 Å². The Hall–Kier alpha value is -0.810. The Bertz CT molecular complexity index is 531. The van der Waals surface area contributed by atoms with E-state index in [1.165, 1.54) is 16.3 Å². The number of quaternary nitrogens is 1. The molecule has 2 aromatic rings. The highest BCUT2D eigenvalue weighted by atomic mass is 127. The minimum absolute atomic E-state index is 0. The maximum absolute atomic E-state index is 5.49. The summed E-state index contributed by atoms with van der Waals surface area (Å²) in [5, 5.41) is 2.57. The molecule has 0 radical (unpaired) electrons. The highest BCUT2D eigenvalue weighted by molar-refractivity contribution is 5.87. The van der Waals surface area contributed by atoms with Crippen LogP contribution in [0, 0.1) is 0 Å². The van der Waals surface area contributed by atoms with Crippen molar-refractivity contribution < 1.29 is 33.2 Å². The lowest BCUT2D eigenvalue weighted by Crippen LogP contribution is -3.00. The third-order valence-electron chi connectivity index (χ3n) is 2.85. The number of methoxy groups -OCH3 is 1. The first-order valence-electron chi connectivity index (χ1n) is 5.86. The summed E-state index contributed by atoms with van der Waals surface area (Å²) in [4.78, 5) is 0. The Morgan fingerprint density at radius 2 is 1.67 bits per heavy atom. The maximum atomic E-state index is 5.49. The van der Waals surface area contributed by atoms with Crippen molar-refractivity contribution in [3.05, 3.63) is 42.0 Å². The van der Waals surface area contributed by atoms with E-state index >= 15 is 0 Å². The predicted molar refractivity (Wildman–Crippen MR) is 72.2 cm³/mol. The van der Waals surface area contributed by atoms with Gasteiger partial charge in [0, 0.05) is 0 Å². The van der Waals surface area contributed by atoms with Gasteiger partial charge in [0.05, 0.1) is 33.8 Å². The fourth-order valence-corrected chi connectivity index (χ4v) is 2.14. The molecule has 0 unspecified atom stereocenters. The highest BCUT2D eigenvalue weighted by Gasteiger charge is 2.15. The number of hydrogen-bond acceptors (Lipinski definition) is 1. The maximum Gasteiger partial charge on any atom is 0.128 e. The van der Waals surface area contributed by atoms with Crippen LogP contribution >= 0.6 is 0 Å². The van der Waals surface area contributed by atoms with Gasteiger partial charge in [-0.05, 0) is 16.8 Å². The van der Waals surface area contributed by atoms with E-state index in [9.17, 15) is 0 Å². The highest BCUT2D eigenvalue weighted by Crippen LogP contribution is 2.29. The molecule has 98 valence electrons. The molecule has 0 fully saturated rings. The molecule has 2 rings (SSSR count). The number of halogens is 1. The summed E-state index contributed by atoms with van der Waals surface area (Å²) in [5.41, 5.74) is 1.29. The molecule has 18 heavy (non-hydrogen) atoms. The molecule has 0 heterocycles. The lowest BCUT2D eigenvalue weighted by molar-refractivity contribution is -0.883. The molecule has 0 aliphatic heterocycles. The zero-order valence-electron chi connectivity index (χ0n) is 11.4. The SMILES string of the molecule is COc1ccc2ccccc2c1C[N+](C)(C)C.[I-]. The molecular weight excluding hydrogens is 337 g/mol. The molecule has 0 atom stereocenters. The van der Waals surface area contributed by atoms with Crippen molar-refractivity contribution in [1.82, 2.24) is 0 Å². The van der Waals surface area contributed by atoms with Gasteiger partial charge in [0.2, 0.25) is 0 Å². The van der Waals surface area contributed by atoms with Crippen molar-refractivity contribution in [2.75, 3.05) is 28.3 Å². The van der Waals surface area contributed by atoms with E-state index in [2.05, 4.69) is 57.5 Å². The minimum Gasteiger partial charge on any atom is -1.00 e. The van der Waals surface area contributed by atoms with Crippen molar-refractivity contribution in [1.29, 1.82) is 0 Å². The fraction of sp³-hybridized carbons (Fsp3) is 0.333. The molecule has 0 saturated carbocycles. The van der Waals surface area contributed by atoms with E-state index in [0.717, 1.165) is 16.8 Å². The van der Waals surface area contributed by atoms with Crippen molar-refractivity contribution >= 4 is 10.8 Å². The van der Waals surface area contributed by atoms with E-state index in [4.69, 9.17) is 4.74 Å². The summed E-state index contributed by atoms with van der Waals surface area (Å²) in [6.45, 7) is 0.963. The monoisotopic (exact) mass is 357 g/mol. The van der Waals surface area contributed by atoms with Crippen LogP contribution in [0.25, 0.3) is 10.8 Å². The minimum atomic E-state index is 0. The van der Waals surface area contributed by atoms with Crippen molar-refractivity contribution in [2.45, 2.75) is 6.54 Å². The van der Waals surface area contributed by atoms with Gasteiger partial charge in [-0.2, -0.15) is 0 Å². The number of rotatable bonds is 3. The second kappa shape index (κ2) is 5.89. The van der Waals surface area contributed by atoms with Gasteiger partial charge in [-0.1, -0.05) is 30.3 Å². The number of nitrogens with zero attached hydrogens (tertiary/aromatic N) is 1. The van der Waals surface area contributed by atoms with Gasteiger partial charge in [-0.15, -0.1) is 0 Å². The molecule has 0 N–H and O–H groups in total. The second-order valence-electron chi connectivity index (χ2n) is 5.42. The standard InChI is InChI=1S/C15H20NO.HI/c1-16(2,3)11-14-13-8-6-5-7-12(13)9-10-15(14)17-4;/h5-10H,11H2,1-4H3;1H/q+1;/p-1. The average Bonchev–Trinajstić information content (AvgIpc) is 2.28. The van der Waals surface area contributed by atoms with E-state index in [1.807, 2.05) is 0 Å². The van der Waals surface area contributed by atoms with Gasteiger partial charge in [-0.25, -0.2) is 0 Å². The molecule has 3 heteroatoms. The van der Waals surface area contributed by atoms with Gasteiger partial charge in [0.25, 0.3) is 0 Å². The number of ether oxygens (including phenoxy) is 1. The van der Waals surface area contributed by atoms with E-state index < -0.39 is 0 Å². The molecule has 0 spiro atoms. The van der Waals surface area contributed by atoms with E-state index in [-0.39, 0.29) is 24.0 Å². The molecule has 2 aromatic carbocycles. The van der Waals surface area contributed by atoms with Crippen molar-refractivity contribution in [2.24, 2.45) is 0 Å². The molecule has 0 bridgehead atoms. The van der Waals surface area contributed by atoms with Gasteiger partial charge >= 0.3 is 0 Å².